The van der Waals surface area contributed by atoms with Crippen molar-refractivity contribution in [2.75, 3.05) is 18.8 Å². The van der Waals surface area contributed by atoms with E-state index < -0.39 is 0 Å². The Bertz CT molecular complexity index is 394. The van der Waals surface area contributed by atoms with E-state index in [0.717, 1.165) is 24.1 Å². The van der Waals surface area contributed by atoms with Crippen molar-refractivity contribution >= 4 is 5.69 Å². The minimum atomic E-state index is 0.761. The normalized spacial score (nSPS) is 16.4. The fraction of sp³-hybridized carbons (Fsp3) is 0.667. The van der Waals surface area contributed by atoms with E-state index in [9.17, 15) is 0 Å². The van der Waals surface area contributed by atoms with Crippen molar-refractivity contribution in [1.29, 1.82) is 0 Å². The Balaban J connectivity index is 1.83. The van der Waals surface area contributed by atoms with E-state index in [1.807, 2.05) is 12.1 Å². The van der Waals surface area contributed by atoms with Gasteiger partial charge in [0.15, 0.2) is 0 Å². The predicted molar refractivity (Wildman–Crippen MR) is 87.8 cm³/mol. The molecule has 0 bridgehead atoms. The average molecular weight is 274 g/mol. The molecule has 1 aliphatic rings. The van der Waals surface area contributed by atoms with Crippen molar-refractivity contribution in [2.45, 2.75) is 58.4 Å². The number of anilines is 1. The standard InChI is InChI=1S/C18H30N2/c1-15(2)14-20(17-10-4-5-11-17)13-7-9-16-8-3-6-12-18(16)19/h3,6,8,12,15,17H,4-5,7,9-11,13-14,19H2,1-2H3. The number of nitrogens with two attached hydrogens (primary N) is 1. The molecule has 0 saturated heterocycles. The molecule has 2 rings (SSSR count). The lowest BCUT2D eigenvalue weighted by Crippen LogP contribution is -2.37. The third kappa shape index (κ3) is 4.52. The van der Waals surface area contributed by atoms with Gasteiger partial charge in [-0.3, -0.25) is 0 Å². The molecule has 0 aromatic heterocycles. The molecule has 0 spiro atoms. The fourth-order valence-electron chi connectivity index (χ4n) is 3.40. The van der Waals surface area contributed by atoms with Crippen molar-refractivity contribution in [3.05, 3.63) is 29.8 Å². The highest BCUT2D eigenvalue weighted by Gasteiger charge is 2.22. The summed E-state index contributed by atoms with van der Waals surface area (Å²) in [5.41, 5.74) is 8.28. The molecule has 0 unspecified atom stereocenters. The molecule has 2 N–H and O–H groups in total. The number of benzene rings is 1. The number of nitrogens with zero attached hydrogens (tertiary/aromatic N) is 1. The molecular formula is C18H30N2. The van der Waals surface area contributed by atoms with Crippen LogP contribution < -0.4 is 5.73 Å². The Labute approximate surface area is 124 Å². The lowest BCUT2D eigenvalue weighted by atomic mass is 10.1. The first-order chi connectivity index (χ1) is 9.66. The predicted octanol–water partition coefficient (Wildman–Crippen LogP) is 4.10. The van der Waals surface area contributed by atoms with Crippen LogP contribution in [0.3, 0.4) is 0 Å². The van der Waals surface area contributed by atoms with E-state index in [2.05, 4.69) is 30.9 Å². The summed E-state index contributed by atoms with van der Waals surface area (Å²) in [4.78, 5) is 2.73. The quantitative estimate of drug-likeness (QED) is 0.758. The van der Waals surface area contributed by atoms with Crippen LogP contribution in [0, 0.1) is 5.92 Å². The largest absolute Gasteiger partial charge is 0.399 e. The monoisotopic (exact) mass is 274 g/mol. The van der Waals surface area contributed by atoms with Gasteiger partial charge < -0.3 is 10.6 Å². The summed E-state index contributed by atoms with van der Waals surface area (Å²) in [6.45, 7) is 7.13. The second-order valence-corrected chi connectivity index (χ2v) is 6.63. The molecule has 0 amide bonds. The third-order valence-corrected chi connectivity index (χ3v) is 4.39. The zero-order valence-corrected chi connectivity index (χ0v) is 13.1. The molecule has 2 heteroatoms. The molecule has 1 fully saturated rings. The topological polar surface area (TPSA) is 29.3 Å². The Hall–Kier alpha value is -1.02. The van der Waals surface area contributed by atoms with Crippen molar-refractivity contribution in [2.24, 2.45) is 5.92 Å². The second kappa shape index (κ2) is 7.68. The van der Waals surface area contributed by atoms with Crippen LogP contribution in [-0.2, 0) is 6.42 Å². The van der Waals surface area contributed by atoms with Gasteiger partial charge in [0.2, 0.25) is 0 Å². The van der Waals surface area contributed by atoms with E-state index in [-0.39, 0.29) is 0 Å². The molecule has 2 nitrogen and oxygen atoms in total. The summed E-state index contributed by atoms with van der Waals surface area (Å²) >= 11 is 0. The molecule has 0 atom stereocenters. The Morgan fingerprint density at radius 3 is 2.55 bits per heavy atom. The van der Waals surface area contributed by atoms with Crippen LogP contribution in [0.2, 0.25) is 0 Å². The van der Waals surface area contributed by atoms with Gasteiger partial charge in [-0.25, -0.2) is 0 Å². The van der Waals surface area contributed by atoms with E-state index in [4.69, 9.17) is 5.73 Å². The maximum Gasteiger partial charge on any atom is 0.0346 e. The highest BCUT2D eigenvalue weighted by atomic mass is 15.2. The minimum Gasteiger partial charge on any atom is -0.399 e. The minimum absolute atomic E-state index is 0.761. The fourth-order valence-corrected chi connectivity index (χ4v) is 3.40. The number of aryl methyl sites for hydroxylation is 1. The van der Waals surface area contributed by atoms with Crippen LogP contribution >= 0.6 is 0 Å². The zero-order valence-electron chi connectivity index (χ0n) is 13.1. The second-order valence-electron chi connectivity index (χ2n) is 6.63. The van der Waals surface area contributed by atoms with E-state index in [1.54, 1.807) is 0 Å². The summed E-state index contributed by atoms with van der Waals surface area (Å²) in [5.74, 6) is 0.761. The van der Waals surface area contributed by atoms with Crippen LogP contribution in [-0.4, -0.2) is 24.0 Å². The van der Waals surface area contributed by atoms with Gasteiger partial charge in [0.05, 0.1) is 0 Å². The Morgan fingerprint density at radius 2 is 1.90 bits per heavy atom. The molecular weight excluding hydrogens is 244 g/mol. The molecule has 1 saturated carbocycles. The number of hydrogen-bond donors (Lipinski definition) is 1. The Kier molecular flexibility index (Phi) is 5.90. The molecule has 20 heavy (non-hydrogen) atoms. The Morgan fingerprint density at radius 1 is 1.20 bits per heavy atom. The molecule has 1 aromatic carbocycles. The van der Waals surface area contributed by atoms with Gasteiger partial charge in [-0.2, -0.15) is 0 Å². The summed E-state index contributed by atoms with van der Waals surface area (Å²) < 4.78 is 0. The van der Waals surface area contributed by atoms with Gasteiger partial charge in [-0.1, -0.05) is 44.9 Å². The molecule has 112 valence electrons. The van der Waals surface area contributed by atoms with Gasteiger partial charge >= 0.3 is 0 Å². The first-order valence-corrected chi connectivity index (χ1v) is 8.24. The van der Waals surface area contributed by atoms with Gasteiger partial charge in [-0.05, 0) is 49.8 Å². The van der Waals surface area contributed by atoms with Crippen LogP contribution in [0.5, 0.6) is 0 Å². The molecule has 0 heterocycles. The van der Waals surface area contributed by atoms with Gasteiger partial charge in [-0.15, -0.1) is 0 Å². The van der Waals surface area contributed by atoms with Crippen molar-refractivity contribution < 1.29 is 0 Å². The van der Waals surface area contributed by atoms with E-state index >= 15 is 0 Å². The third-order valence-electron chi connectivity index (χ3n) is 4.39. The SMILES string of the molecule is CC(C)CN(CCCc1ccccc1N)C1CCCC1. The van der Waals surface area contributed by atoms with Crippen molar-refractivity contribution in [3.63, 3.8) is 0 Å². The zero-order chi connectivity index (χ0) is 14.4. The smallest absolute Gasteiger partial charge is 0.0346 e. The van der Waals surface area contributed by atoms with Gasteiger partial charge in [0, 0.05) is 18.3 Å². The summed E-state index contributed by atoms with van der Waals surface area (Å²) in [6.07, 6.45) is 7.97. The van der Waals surface area contributed by atoms with Gasteiger partial charge in [0.1, 0.15) is 0 Å². The van der Waals surface area contributed by atoms with E-state index in [0.29, 0.717) is 0 Å². The lowest BCUT2D eigenvalue weighted by Gasteiger charge is -2.30. The average Bonchev–Trinajstić information content (AvgIpc) is 2.93. The maximum absolute atomic E-state index is 6.03. The number of rotatable bonds is 7. The summed E-state index contributed by atoms with van der Waals surface area (Å²) in [6, 6.07) is 9.12. The van der Waals surface area contributed by atoms with Crippen molar-refractivity contribution in [3.8, 4) is 0 Å². The first kappa shape index (κ1) is 15.4. The van der Waals surface area contributed by atoms with Crippen LogP contribution in [0.1, 0.15) is 51.5 Å². The lowest BCUT2D eigenvalue weighted by molar-refractivity contribution is 0.175. The van der Waals surface area contributed by atoms with E-state index in [1.165, 1.54) is 50.8 Å². The van der Waals surface area contributed by atoms with Crippen LogP contribution in [0.4, 0.5) is 5.69 Å². The molecule has 0 radical (unpaired) electrons. The van der Waals surface area contributed by atoms with Crippen LogP contribution in [0.15, 0.2) is 24.3 Å². The number of para-hydroxylation sites is 1. The first-order valence-electron chi connectivity index (χ1n) is 8.24. The highest BCUT2D eigenvalue weighted by Crippen LogP contribution is 2.24. The molecule has 1 aliphatic carbocycles. The van der Waals surface area contributed by atoms with Crippen molar-refractivity contribution in [1.82, 2.24) is 4.90 Å². The van der Waals surface area contributed by atoms with Gasteiger partial charge in [0.25, 0.3) is 0 Å². The number of hydrogen-bond acceptors (Lipinski definition) is 2. The number of nitrogen functional groups attached to an aromatic ring is 1. The van der Waals surface area contributed by atoms with Crippen LogP contribution in [0.25, 0.3) is 0 Å². The maximum atomic E-state index is 6.03. The molecule has 1 aromatic rings. The highest BCUT2D eigenvalue weighted by molar-refractivity contribution is 5.46. The summed E-state index contributed by atoms with van der Waals surface area (Å²) in [7, 11) is 0. The summed E-state index contributed by atoms with van der Waals surface area (Å²) in [5, 5.41) is 0. The molecule has 0 aliphatic heterocycles.